The van der Waals surface area contributed by atoms with Crippen LogP contribution in [-0.2, 0) is 17.6 Å². The number of aliphatic carboxylic acids is 1. The van der Waals surface area contributed by atoms with Crippen LogP contribution in [0.5, 0.6) is 0 Å². The van der Waals surface area contributed by atoms with Gasteiger partial charge >= 0.3 is 5.97 Å². The van der Waals surface area contributed by atoms with Gasteiger partial charge in [-0.2, -0.15) is 0 Å². The maximum atomic E-state index is 10.4. The Bertz CT molecular complexity index is 293. The van der Waals surface area contributed by atoms with E-state index in [9.17, 15) is 4.79 Å². The average Bonchev–Trinajstić information content (AvgIpc) is 2.31. The predicted octanol–water partition coefficient (Wildman–Crippen LogP) is 1.64. The van der Waals surface area contributed by atoms with Gasteiger partial charge in [-0.3, -0.25) is 4.79 Å². The maximum Gasteiger partial charge on any atom is 0.309 e. The molecule has 0 aliphatic carbocycles. The molecule has 0 saturated carbocycles. The Labute approximate surface area is 75.1 Å². The number of rotatable bonds is 3. The third-order valence-corrected chi connectivity index (χ3v) is 2.72. The first-order chi connectivity index (χ1) is 5.63. The van der Waals surface area contributed by atoms with Gasteiger partial charge in [0.1, 0.15) is 0 Å². The summed E-state index contributed by atoms with van der Waals surface area (Å²) >= 11 is 1.58. The number of aryl methyl sites for hydroxylation is 2. The molecule has 1 aromatic rings. The normalized spacial score (nSPS) is 10.2. The molecule has 66 valence electrons. The maximum absolute atomic E-state index is 10.4. The fraction of sp³-hybridized carbons (Fsp3) is 0.500. The van der Waals surface area contributed by atoms with E-state index in [-0.39, 0.29) is 6.42 Å². The highest BCUT2D eigenvalue weighted by Crippen LogP contribution is 2.17. The van der Waals surface area contributed by atoms with E-state index in [1.54, 1.807) is 11.3 Å². The van der Waals surface area contributed by atoms with E-state index in [4.69, 9.17) is 5.11 Å². The zero-order chi connectivity index (χ0) is 9.14. The first kappa shape index (κ1) is 9.19. The third-order valence-electron chi connectivity index (χ3n) is 1.56. The first-order valence-electron chi connectivity index (χ1n) is 3.80. The summed E-state index contributed by atoms with van der Waals surface area (Å²) in [5.74, 6) is -0.814. The number of hydrogen-bond acceptors (Lipinski definition) is 3. The molecule has 1 N–H and O–H groups in total. The van der Waals surface area contributed by atoms with Gasteiger partial charge in [0.15, 0.2) is 0 Å². The minimum atomic E-state index is -0.814. The summed E-state index contributed by atoms with van der Waals surface area (Å²) in [6, 6.07) is 0. The standard InChI is InChI=1S/C8H11NO2S/c1-3-7-9-6(4-8(10)11)5(2)12-7/h3-4H2,1-2H3,(H,10,11). The number of carboxylic acid groups (broad SMARTS) is 1. The summed E-state index contributed by atoms with van der Waals surface area (Å²) in [5.41, 5.74) is 0.712. The van der Waals surface area contributed by atoms with Crippen molar-refractivity contribution >= 4 is 17.3 Å². The van der Waals surface area contributed by atoms with E-state index in [0.717, 1.165) is 16.3 Å². The highest BCUT2D eigenvalue weighted by Gasteiger charge is 2.09. The molecule has 0 spiro atoms. The molecule has 0 aliphatic rings. The number of thiazole rings is 1. The third kappa shape index (κ3) is 2.04. The SMILES string of the molecule is CCc1nc(CC(=O)O)c(C)s1. The van der Waals surface area contributed by atoms with E-state index < -0.39 is 5.97 Å². The summed E-state index contributed by atoms with van der Waals surface area (Å²) in [6.07, 6.45) is 0.924. The van der Waals surface area contributed by atoms with Crippen LogP contribution in [0.1, 0.15) is 22.5 Å². The van der Waals surface area contributed by atoms with E-state index in [2.05, 4.69) is 4.98 Å². The van der Waals surface area contributed by atoms with E-state index in [1.165, 1.54) is 0 Å². The number of carbonyl (C=O) groups is 1. The molecule has 0 radical (unpaired) electrons. The Balaban J connectivity index is 2.84. The van der Waals surface area contributed by atoms with Crippen molar-refractivity contribution in [1.82, 2.24) is 4.98 Å². The molecule has 0 aromatic carbocycles. The summed E-state index contributed by atoms with van der Waals surface area (Å²) in [5, 5.41) is 9.56. The Kier molecular flexibility index (Phi) is 2.81. The van der Waals surface area contributed by atoms with Crippen LogP contribution in [0, 0.1) is 6.92 Å². The molecular weight excluding hydrogens is 174 g/mol. The van der Waals surface area contributed by atoms with Gasteiger partial charge in [-0.15, -0.1) is 11.3 Å². The molecule has 4 heteroatoms. The second-order valence-corrected chi connectivity index (χ2v) is 3.82. The number of carboxylic acids is 1. The monoisotopic (exact) mass is 185 g/mol. The van der Waals surface area contributed by atoms with Gasteiger partial charge in [0.25, 0.3) is 0 Å². The van der Waals surface area contributed by atoms with Gasteiger partial charge in [-0.05, 0) is 13.3 Å². The fourth-order valence-corrected chi connectivity index (χ4v) is 1.84. The molecule has 1 aromatic heterocycles. The van der Waals surface area contributed by atoms with E-state index in [1.807, 2.05) is 13.8 Å². The second kappa shape index (κ2) is 3.67. The molecule has 0 fully saturated rings. The fourth-order valence-electron chi connectivity index (χ4n) is 0.946. The summed E-state index contributed by atoms with van der Waals surface area (Å²) in [4.78, 5) is 15.6. The lowest BCUT2D eigenvalue weighted by Crippen LogP contribution is -2.01. The number of aromatic nitrogens is 1. The molecule has 12 heavy (non-hydrogen) atoms. The van der Waals surface area contributed by atoms with Gasteiger partial charge < -0.3 is 5.11 Å². The summed E-state index contributed by atoms with van der Waals surface area (Å²) < 4.78 is 0. The minimum absolute atomic E-state index is 0.0440. The second-order valence-electron chi connectivity index (χ2n) is 2.53. The lowest BCUT2D eigenvalue weighted by Gasteiger charge is -1.90. The van der Waals surface area contributed by atoms with Crippen molar-refractivity contribution in [3.05, 3.63) is 15.6 Å². The highest BCUT2D eigenvalue weighted by atomic mass is 32.1. The lowest BCUT2D eigenvalue weighted by molar-refractivity contribution is -0.136. The van der Waals surface area contributed by atoms with Crippen LogP contribution in [0.25, 0.3) is 0 Å². The van der Waals surface area contributed by atoms with Crippen molar-refractivity contribution in [3.8, 4) is 0 Å². The van der Waals surface area contributed by atoms with Crippen LogP contribution >= 0.6 is 11.3 Å². The van der Waals surface area contributed by atoms with Crippen LogP contribution in [0.2, 0.25) is 0 Å². The van der Waals surface area contributed by atoms with Crippen molar-refractivity contribution < 1.29 is 9.90 Å². The van der Waals surface area contributed by atoms with Crippen molar-refractivity contribution in [3.63, 3.8) is 0 Å². The zero-order valence-corrected chi connectivity index (χ0v) is 7.94. The Morgan fingerprint density at radius 3 is 2.75 bits per heavy atom. The van der Waals surface area contributed by atoms with Crippen LogP contribution < -0.4 is 0 Å². The van der Waals surface area contributed by atoms with Crippen LogP contribution in [0.15, 0.2) is 0 Å². The number of nitrogens with zero attached hydrogens (tertiary/aromatic N) is 1. The van der Waals surface area contributed by atoms with Gasteiger partial charge in [0.2, 0.25) is 0 Å². The molecule has 1 rings (SSSR count). The summed E-state index contributed by atoms with van der Waals surface area (Å²) in [7, 11) is 0. The zero-order valence-electron chi connectivity index (χ0n) is 7.13. The average molecular weight is 185 g/mol. The Morgan fingerprint density at radius 2 is 2.33 bits per heavy atom. The van der Waals surface area contributed by atoms with Gasteiger partial charge in [0.05, 0.1) is 17.1 Å². The predicted molar refractivity (Wildman–Crippen MR) is 47.6 cm³/mol. The molecule has 3 nitrogen and oxygen atoms in total. The Hall–Kier alpha value is -0.900. The van der Waals surface area contributed by atoms with Gasteiger partial charge in [-0.25, -0.2) is 4.98 Å². The molecule has 0 atom stereocenters. The molecule has 1 heterocycles. The highest BCUT2D eigenvalue weighted by molar-refractivity contribution is 7.11. The van der Waals surface area contributed by atoms with Crippen LogP contribution in [0.3, 0.4) is 0 Å². The van der Waals surface area contributed by atoms with Crippen molar-refractivity contribution in [2.24, 2.45) is 0 Å². The topological polar surface area (TPSA) is 50.2 Å². The number of hydrogen-bond donors (Lipinski definition) is 1. The van der Waals surface area contributed by atoms with E-state index >= 15 is 0 Å². The molecule has 0 saturated heterocycles. The summed E-state index contributed by atoms with van der Waals surface area (Å²) in [6.45, 7) is 3.93. The van der Waals surface area contributed by atoms with Crippen molar-refractivity contribution in [2.75, 3.05) is 0 Å². The molecule has 0 amide bonds. The Morgan fingerprint density at radius 1 is 1.67 bits per heavy atom. The van der Waals surface area contributed by atoms with Crippen molar-refractivity contribution in [2.45, 2.75) is 26.7 Å². The first-order valence-corrected chi connectivity index (χ1v) is 4.62. The molecule has 0 bridgehead atoms. The smallest absolute Gasteiger partial charge is 0.309 e. The quantitative estimate of drug-likeness (QED) is 0.778. The largest absolute Gasteiger partial charge is 0.481 e. The van der Waals surface area contributed by atoms with Crippen LogP contribution in [-0.4, -0.2) is 16.1 Å². The minimum Gasteiger partial charge on any atom is -0.481 e. The van der Waals surface area contributed by atoms with Crippen LogP contribution in [0.4, 0.5) is 0 Å². The molecule has 0 aliphatic heterocycles. The molecule has 0 unspecified atom stereocenters. The van der Waals surface area contributed by atoms with Crippen molar-refractivity contribution in [1.29, 1.82) is 0 Å². The van der Waals surface area contributed by atoms with Gasteiger partial charge in [-0.1, -0.05) is 6.92 Å². The molecular formula is C8H11NO2S. The lowest BCUT2D eigenvalue weighted by atomic mass is 10.3. The van der Waals surface area contributed by atoms with E-state index in [0.29, 0.717) is 5.69 Å². The van der Waals surface area contributed by atoms with Gasteiger partial charge in [0, 0.05) is 4.88 Å².